The minimum atomic E-state index is 0.486. The number of hydrogen-bond donors (Lipinski definition) is 1. The molecule has 0 saturated heterocycles. The molecule has 0 aliphatic heterocycles. The van der Waals surface area contributed by atoms with Crippen molar-refractivity contribution < 1.29 is 4.98 Å². The summed E-state index contributed by atoms with van der Waals surface area (Å²) >= 11 is 1.31. The first-order chi connectivity index (χ1) is 2.89. The molecule has 3 nitrogen and oxygen atoms in total. The molecule has 0 radical (unpaired) electrons. The van der Waals surface area contributed by atoms with Gasteiger partial charge in [-0.1, -0.05) is 0 Å². The van der Waals surface area contributed by atoms with E-state index in [4.69, 9.17) is 5.73 Å². The maximum Gasteiger partial charge on any atom is 0.400 e. The topological polar surface area (TPSA) is 53.0 Å². The molecule has 0 saturated carbocycles. The van der Waals surface area contributed by atoms with Crippen LogP contribution in [-0.4, -0.2) is 4.37 Å². The second-order valence-corrected chi connectivity index (χ2v) is 1.47. The van der Waals surface area contributed by atoms with E-state index in [0.29, 0.717) is 5.95 Å². The monoisotopic (exact) mass is 102 g/mol. The molecule has 0 fully saturated rings. The van der Waals surface area contributed by atoms with Crippen molar-refractivity contribution >= 4 is 17.5 Å². The van der Waals surface area contributed by atoms with Crippen molar-refractivity contribution in [1.82, 2.24) is 4.37 Å². The van der Waals surface area contributed by atoms with Crippen LogP contribution in [0.3, 0.4) is 0 Å². The third-order valence-corrected chi connectivity index (χ3v) is 0.936. The van der Waals surface area contributed by atoms with Gasteiger partial charge in [0.1, 0.15) is 0 Å². The minimum Gasteiger partial charge on any atom is -0.287 e. The maximum absolute atomic E-state index is 5.12. The third-order valence-electron chi connectivity index (χ3n) is 0.411. The van der Waals surface area contributed by atoms with E-state index in [0.717, 1.165) is 0 Å². The summed E-state index contributed by atoms with van der Waals surface area (Å²) in [5, 5.41) is 0. The summed E-state index contributed by atoms with van der Waals surface area (Å²) in [5.41, 5.74) is 6.84. The van der Waals surface area contributed by atoms with E-state index in [1.54, 1.807) is 5.51 Å². The van der Waals surface area contributed by atoms with Crippen molar-refractivity contribution in [3.8, 4) is 0 Å². The summed E-state index contributed by atoms with van der Waals surface area (Å²) in [6.07, 6.45) is 0. The lowest BCUT2D eigenvalue weighted by Gasteiger charge is -1.55. The quantitative estimate of drug-likeness (QED) is 0.482. The number of nitrogens with one attached hydrogen (secondary N) is 1. The molecule has 0 bridgehead atoms. The molecular weight excluding hydrogens is 98.1 g/mol. The Morgan fingerprint density at radius 3 is 3.00 bits per heavy atom. The predicted octanol–water partition coefficient (Wildman–Crippen LogP) is -0.461. The van der Waals surface area contributed by atoms with E-state index in [2.05, 4.69) is 9.36 Å². The van der Waals surface area contributed by atoms with Crippen LogP contribution in [-0.2, 0) is 0 Å². The van der Waals surface area contributed by atoms with Crippen molar-refractivity contribution in [1.29, 1.82) is 0 Å². The number of H-pyrrole nitrogens is 1. The van der Waals surface area contributed by atoms with Crippen LogP contribution in [0, 0.1) is 0 Å². The average molecular weight is 102 g/mol. The summed E-state index contributed by atoms with van der Waals surface area (Å²) in [4.78, 5) is 2.69. The average Bonchev–Trinajstić information content (AvgIpc) is 1.86. The van der Waals surface area contributed by atoms with E-state index in [9.17, 15) is 0 Å². The predicted molar refractivity (Wildman–Crippen MR) is 23.1 cm³/mol. The van der Waals surface area contributed by atoms with Crippen LogP contribution in [0.25, 0.3) is 0 Å². The number of hydrogen-bond acceptors (Lipinski definition) is 3. The standard InChI is InChI=1S/C2H3N3S/c3-2-4-1-6-5-2/h1H,(H2,3,5)/p+1. The van der Waals surface area contributed by atoms with Gasteiger partial charge in [0, 0.05) is 0 Å². The maximum atomic E-state index is 5.12. The van der Waals surface area contributed by atoms with Gasteiger partial charge in [0.2, 0.25) is 0 Å². The molecule has 1 aromatic heterocycles. The molecular formula is C2H4N3S+. The van der Waals surface area contributed by atoms with Crippen LogP contribution in [0.4, 0.5) is 5.95 Å². The fourth-order valence-corrected chi connectivity index (χ4v) is 0.589. The van der Waals surface area contributed by atoms with E-state index in [1.165, 1.54) is 11.5 Å². The van der Waals surface area contributed by atoms with E-state index in [1.807, 2.05) is 0 Å². The highest BCUT2D eigenvalue weighted by atomic mass is 32.1. The van der Waals surface area contributed by atoms with Crippen LogP contribution in [0.5, 0.6) is 0 Å². The number of rotatable bonds is 0. The van der Waals surface area contributed by atoms with Gasteiger partial charge in [0.05, 0.1) is 11.5 Å². The summed E-state index contributed by atoms with van der Waals surface area (Å²) in [5.74, 6) is 0.486. The molecule has 0 atom stereocenters. The molecule has 3 N–H and O–H groups in total. The van der Waals surface area contributed by atoms with Crippen molar-refractivity contribution in [3.05, 3.63) is 5.51 Å². The van der Waals surface area contributed by atoms with Gasteiger partial charge in [-0.2, -0.15) is 0 Å². The number of nitrogens with two attached hydrogens (primary N) is 1. The Labute approximate surface area is 39.0 Å². The van der Waals surface area contributed by atoms with Crippen molar-refractivity contribution in [2.75, 3.05) is 5.73 Å². The minimum absolute atomic E-state index is 0.486. The molecule has 1 aromatic rings. The normalized spacial score (nSPS) is 8.67. The zero-order valence-electron chi connectivity index (χ0n) is 3.01. The lowest BCUT2D eigenvalue weighted by atomic mass is 11.1. The second kappa shape index (κ2) is 1.22. The summed E-state index contributed by atoms with van der Waals surface area (Å²) in [7, 11) is 0. The Kier molecular flexibility index (Phi) is 0.719. The molecule has 0 aromatic carbocycles. The Balaban J connectivity index is 3.05. The SMILES string of the molecule is Nc1nsc[nH+]1. The van der Waals surface area contributed by atoms with E-state index in [-0.39, 0.29) is 0 Å². The fraction of sp³-hybridized carbons (Fsp3) is 0. The Hall–Kier alpha value is -0.640. The lowest BCUT2D eigenvalue weighted by molar-refractivity contribution is -0.355. The van der Waals surface area contributed by atoms with Gasteiger partial charge in [-0.05, 0) is 4.37 Å². The molecule has 0 spiro atoms. The Morgan fingerprint density at radius 2 is 2.83 bits per heavy atom. The first kappa shape index (κ1) is 3.55. The van der Waals surface area contributed by atoms with Crippen molar-refractivity contribution in [2.45, 2.75) is 0 Å². The number of aromatic amines is 1. The smallest absolute Gasteiger partial charge is 0.287 e. The second-order valence-electron chi connectivity index (χ2n) is 0.844. The number of nitrogens with zero attached hydrogens (tertiary/aromatic N) is 1. The summed E-state index contributed by atoms with van der Waals surface area (Å²) in [6.45, 7) is 0. The highest BCUT2D eigenvalue weighted by Crippen LogP contribution is 1.83. The zero-order chi connectivity index (χ0) is 4.41. The van der Waals surface area contributed by atoms with Gasteiger partial charge in [-0.25, -0.2) is 4.98 Å². The van der Waals surface area contributed by atoms with Gasteiger partial charge in [-0.15, -0.1) is 0 Å². The van der Waals surface area contributed by atoms with Crippen molar-refractivity contribution in [3.63, 3.8) is 0 Å². The van der Waals surface area contributed by atoms with Gasteiger partial charge in [0.15, 0.2) is 5.51 Å². The van der Waals surface area contributed by atoms with Gasteiger partial charge in [-0.3, -0.25) is 5.73 Å². The number of aromatic nitrogens is 2. The third kappa shape index (κ3) is 0.463. The Morgan fingerprint density at radius 1 is 2.00 bits per heavy atom. The molecule has 0 unspecified atom stereocenters. The molecule has 0 amide bonds. The van der Waals surface area contributed by atoms with Crippen LogP contribution in [0.2, 0.25) is 0 Å². The molecule has 1 rings (SSSR count). The first-order valence-electron chi connectivity index (χ1n) is 1.47. The highest BCUT2D eigenvalue weighted by Gasteiger charge is 1.89. The highest BCUT2D eigenvalue weighted by molar-refractivity contribution is 7.03. The lowest BCUT2D eigenvalue weighted by Crippen LogP contribution is -2.03. The zero-order valence-corrected chi connectivity index (χ0v) is 3.83. The van der Waals surface area contributed by atoms with Crippen LogP contribution in [0.1, 0.15) is 0 Å². The molecule has 6 heavy (non-hydrogen) atoms. The van der Waals surface area contributed by atoms with Gasteiger partial charge >= 0.3 is 5.95 Å². The fourth-order valence-electron chi connectivity index (χ4n) is 0.196. The molecule has 0 aliphatic rings. The number of nitrogen functional groups attached to an aromatic ring is 1. The van der Waals surface area contributed by atoms with Gasteiger partial charge in [0.25, 0.3) is 0 Å². The largest absolute Gasteiger partial charge is 0.400 e. The van der Waals surface area contributed by atoms with E-state index >= 15 is 0 Å². The molecule has 32 valence electrons. The first-order valence-corrected chi connectivity index (χ1v) is 2.31. The van der Waals surface area contributed by atoms with Gasteiger partial charge < -0.3 is 0 Å². The molecule has 0 aliphatic carbocycles. The summed E-state index contributed by atoms with van der Waals surface area (Å²) in [6, 6.07) is 0. The number of anilines is 1. The van der Waals surface area contributed by atoms with Crippen LogP contribution < -0.4 is 10.7 Å². The summed E-state index contributed by atoms with van der Waals surface area (Å²) < 4.78 is 3.68. The Bertz CT molecular complexity index is 112. The van der Waals surface area contributed by atoms with E-state index < -0.39 is 0 Å². The van der Waals surface area contributed by atoms with Crippen molar-refractivity contribution in [2.24, 2.45) is 0 Å². The molecule has 1 heterocycles. The molecule has 4 heteroatoms. The van der Waals surface area contributed by atoms with Crippen LogP contribution in [0.15, 0.2) is 5.51 Å². The van der Waals surface area contributed by atoms with Crippen LogP contribution >= 0.6 is 11.5 Å².